The van der Waals surface area contributed by atoms with Crippen molar-refractivity contribution in [3.05, 3.63) is 63.7 Å². The van der Waals surface area contributed by atoms with Gasteiger partial charge in [0, 0.05) is 18.5 Å². The Morgan fingerprint density at radius 3 is 2.45 bits per heavy atom. The predicted molar refractivity (Wildman–Crippen MR) is 122 cm³/mol. The third kappa shape index (κ3) is 6.48. The van der Waals surface area contributed by atoms with Crippen LogP contribution in [0, 0.1) is 0 Å². The van der Waals surface area contributed by atoms with Crippen molar-refractivity contribution in [1.29, 1.82) is 0 Å². The summed E-state index contributed by atoms with van der Waals surface area (Å²) in [6, 6.07) is 12.6. The SMILES string of the molecule is CC(C)(C)NC(=O)CCc1ccc(CNc2c(Cl)ccc3c2CCNCC3)cc1. The van der Waals surface area contributed by atoms with Gasteiger partial charge in [-0.05, 0) is 81.4 Å². The number of nitrogens with one attached hydrogen (secondary N) is 3. The Hall–Kier alpha value is -2.04. The monoisotopic (exact) mass is 413 g/mol. The van der Waals surface area contributed by atoms with Crippen LogP contribution in [-0.2, 0) is 30.6 Å². The second-order valence-electron chi connectivity index (χ2n) is 8.78. The predicted octanol–water partition coefficient (Wildman–Crippen LogP) is 4.49. The molecule has 1 heterocycles. The first-order valence-electron chi connectivity index (χ1n) is 10.5. The summed E-state index contributed by atoms with van der Waals surface area (Å²) in [5.74, 6) is 0.0946. The average Bonchev–Trinajstić information content (AvgIpc) is 2.91. The lowest BCUT2D eigenvalue weighted by Gasteiger charge is -2.20. The largest absolute Gasteiger partial charge is 0.380 e. The third-order valence-corrected chi connectivity index (χ3v) is 5.44. The van der Waals surface area contributed by atoms with Crippen LogP contribution < -0.4 is 16.0 Å². The standard InChI is InChI=1S/C24H32ClN3O/c1-24(2,3)28-22(29)11-8-17-4-6-18(7-5-17)16-27-23-20-13-15-26-14-12-19(20)9-10-21(23)25/h4-7,9-10,26-27H,8,11-16H2,1-3H3,(H,28,29). The molecule has 0 bridgehead atoms. The molecule has 1 aliphatic rings. The maximum Gasteiger partial charge on any atom is 0.220 e. The number of rotatable bonds is 6. The molecule has 4 nitrogen and oxygen atoms in total. The molecule has 0 aromatic heterocycles. The zero-order valence-corrected chi connectivity index (χ0v) is 18.5. The van der Waals surface area contributed by atoms with Gasteiger partial charge in [-0.2, -0.15) is 0 Å². The van der Waals surface area contributed by atoms with E-state index >= 15 is 0 Å². The summed E-state index contributed by atoms with van der Waals surface area (Å²) in [6.45, 7) is 8.74. The van der Waals surface area contributed by atoms with Crippen molar-refractivity contribution in [2.24, 2.45) is 0 Å². The van der Waals surface area contributed by atoms with Gasteiger partial charge in [0.05, 0.1) is 10.7 Å². The maximum atomic E-state index is 12.0. The minimum atomic E-state index is -0.181. The summed E-state index contributed by atoms with van der Waals surface area (Å²) in [5.41, 5.74) is 5.98. The van der Waals surface area contributed by atoms with E-state index in [1.54, 1.807) is 0 Å². The Kier molecular flexibility index (Phi) is 7.20. The Bertz CT molecular complexity index is 840. The average molecular weight is 414 g/mol. The van der Waals surface area contributed by atoms with Gasteiger partial charge in [0.1, 0.15) is 0 Å². The lowest BCUT2D eigenvalue weighted by Crippen LogP contribution is -2.40. The Morgan fingerprint density at radius 1 is 1.03 bits per heavy atom. The van der Waals surface area contributed by atoms with Gasteiger partial charge in [-0.25, -0.2) is 0 Å². The van der Waals surface area contributed by atoms with Gasteiger partial charge < -0.3 is 16.0 Å². The molecule has 2 aromatic carbocycles. The Morgan fingerprint density at radius 2 is 1.72 bits per heavy atom. The van der Waals surface area contributed by atoms with Crippen molar-refractivity contribution >= 4 is 23.2 Å². The number of halogens is 1. The molecule has 5 heteroatoms. The molecule has 156 valence electrons. The van der Waals surface area contributed by atoms with Crippen LogP contribution in [0.1, 0.15) is 49.4 Å². The van der Waals surface area contributed by atoms with E-state index in [0.717, 1.165) is 49.6 Å². The van der Waals surface area contributed by atoms with E-state index in [9.17, 15) is 4.79 Å². The quantitative estimate of drug-likeness (QED) is 0.654. The van der Waals surface area contributed by atoms with Crippen LogP contribution in [-0.4, -0.2) is 24.5 Å². The van der Waals surface area contributed by atoms with E-state index in [0.29, 0.717) is 6.42 Å². The van der Waals surface area contributed by atoms with Gasteiger partial charge in [0.25, 0.3) is 0 Å². The van der Waals surface area contributed by atoms with Crippen molar-refractivity contribution in [2.75, 3.05) is 18.4 Å². The number of hydrogen-bond donors (Lipinski definition) is 3. The van der Waals surface area contributed by atoms with Crippen LogP contribution in [0.15, 0.2) is 36.4 Å². The normalized spacial score (nSPS) is 14.1. The highest BCUT2D eigenvalue weighted by Crippen LogP contribution is 2.31. The maximum absolute atomic E-state index is 12.0. The summed E-state index contributed by atoms with van der Waals surface area (Å²) in [5, 5.41) is 10.8. The van der Waals surface area contributed by atoms with Crippen LogP contribution in [0.3, 0.4) is 0 Å². The number of fused-ring (bicyclic) bond motifs is 1. The van der Waals surface area contributed by atoms with E-state index < -0.39 is 0 Å². The van der Waals surface area contributed by atoms with Crippen molar-refractivity contribution in [2.45, 2.75) is 58.5 Å². The van der Waals surface area contributed by atoms with E-state index in [1.165, 1.54) is 22.3 Å². The molecular weight excluding hydrogens is 382 g/mol. The molecular formula is C24H32ClN3O. The summed E-state index contributed by atoms with van der Waals surface area (Å²) < 4.78 is 0. The van der Waals surface area contributed by atoms with Gasteiger partial charge in [0.2, 0.25) is 5.91 Å². The fraction of sp³-hybridized carbons (Fsp3) is 0.458. The molecule has 0 spiro atoms. The number of carbonyl (C=O) groups excluding carboxylic acids is 1. The molecule has 0 aliphatic carbocycles. The summed E-state index contributed by atoms with van der Waals surface area (Å²) in [6.07, 6.45) is 3.29. The first kappa shape index (κ1) is 21.7. The molecule has 1 amide bonds. The Balaban J connectivity index is 1.58. The molecule has 0 saturated heterocycles. The van der Waals surface area contributed by atoms with E-state index in [-0.39, 0.29) is 11.4 Å². The number of carbonyl (C=O) groups is 1. The first-order valence-corrected chi connectivity index (χ1v) is 10.8. The molecule has 0 unspecified atom stereocenters. The van der Waals surface area contributed by atoms with Crippen molar-refractivity contribution in [3.63, 3.8) is 0 Å². The molecule has 0 radical (unpaired) electrons. The minimum absolute atomic E-state index is 0.0946. The molecule has 3 N–H and O–H groups in total. The van der Waals surface area contributed by atoms with Crippen molar-refractivity contribution in [3.8, 4) is 0 Å². The van der Waals surface area contributed by atoms with Gasteiger partial charge in [-0.3, -0.25) is 4.79 Å². The molecule has 3 rings (SSSR count). The topological polar surface area (TPSA) is 53.2 Å². The van der Waals surface area contributed by atoms with Crippen molar-refractivity contribution in [1.82, 2.24) is 10.6 Å². The smallest absolute Gasteiger partial charge is 0.220 e. The van der Waals surface area contributed by atoms with Gasteiger partial charge in [-0.1, -0.05) is 41.9 Å². The molecule has 29 heavy (non-hydrogen) atoms. The zero-order valence-electron chi connectivity index (χ0n) is 17.7. The number of aryl methyl sites for hydroxylation is 1. The zero-order chi connectivity index (χ0) is 20.9. The van der Waals surface area contributed by atoms with Crippen LogP contribution >= 0.6 is 11.6 Å². The van der Waals surface area contributed by atoms with Crippen LogP contribution in [0.25, 0.3) is 0 Å². The van der Waals surface area contributed by atoms with E-state index in [4.69, 9.17) is 11.6 Å². The first-order chi connectivity index (χ1) is 13.8. The number of amides is 1. The summed E-state index contributed by atoms with van der Waals surface area (Å²) in [7, 11) is 0. The second kappa shape index (κ2) is 9.64. The lowest BCUT2D eigenvalue weighted by atomic mass is 10.0. The lowest BCUT2D eigenvalue weighted by molar-refractivity contribution is -0.122. The number of benzene rings is 2. The highest BCUT2D eigenvalue weighted by molar-refractivity contribution is 6.33. The molecule has 0 atom stereocenters. The third-order valence-electron chi connectivity index (χ3n) is 5.13. The highest BCUT2D eigenvalue weighted by atomic mass is 35.5. The Labute approximate surface area is 179 Å². The molecule has 1 aliphatic heterocycles. The minimum Gasteiger partial charge on any atom is -0.380 e. The van der Waals surface area contributed by atoms with Gasteiger partial charge in [-0.15, -0.1) is 0 Å². The van der Waals surface area contributed by atoms with Gasteiger partial charge >= 0.3 is 0 Å². The van der Waals surface area contributed by atoms with Crippen LogP contribution in [0.4, 0.5) is 5.69 Å². The molecule has 2 aromatic rings. The second-order valence-corrected chi connectivity index (χ2v) is 9.19. The van der Waals surface area contributed by atoms with E-state index in [1.807, 2.05) is 26.8 Å². The number of hydrogen-bond acceptors (Lipinski definition) is 3. The fourth-order valence-corrected chi connectivity index (χ4v) is 3.93. The van der Waals surface area contributed by atoms with Crippen LogP contribution in [0.2, 0.25) is 5.02 Å². The number of anilines is 1. The van der Waals surface area contributed by atoms with Crippen LogP contribution in [0.5, 0.6) is 0 Å². The van der Waals surface area contributed by atoms with Gasteiger partial charge in [0.15, 0.2) is 0 Å². The highest BCUT2D eigenvalue weighted by Gasteiger charge is 2.15. The fourth-order valence-electron chi connectivity index (χ4n) is 3.69. The summed E-state index contributed by atoms with van der Waals surface area (Å²) in [4.78, 5) is 12.0. The summed E-state index contributed by atoms with van der Waals surface area (Å²) >= 11 is 6.50. The van der Waals surface area contributed by atoms with Crippen molar-refractivity contribution < 1.29 is 4.79 Å². The van der Waals surface area contributed by atoms with E-state index in [2.05, 4.69) is 46.3 Å². The molecule has 0 saturated carbocycles. The molecule has 0 fully saturated rings.